The van der Waals surface area contributed by atoms with Crippen molar-refractivity contribution in [1.29, 1.82) is 0 Å². The fourth-order valence-electron chi connectivity index (χ4n) is 1.23. The van der Waals surface area contributed by atoms with Crippen LogP contribution in [0.3, 0.4) is 0 Å². The highest BCUT2D eigenvalue weighted by Gasteiger charge is 2.08. The number of anilines is 1. The minimum Gasteiger partial charge on any atom is -0.356 e. The molecule has 0 saturated heterocycles. The van der Waals surface area contributed by atoms with Gasteiger partial charge in [0.15, 0.2) is 0 Å². The van der Waals surface area contributed by atoms with Crippen molar-refractivity contribution in [2.75, 3.05) is 5.32 Å². The molecule has 0 aliphatic carbocycles. The Balaban J connectivity index is 2.80. The average Bonchev–Trinajstić information content (AvgIpc) is 2.24. The van der Waals surface area contributed by atoms with E-state index in [1.165, 1.54) is 6.33 Å². The largest absolute Gasteiger partial charge is 0.356 e. The van der Waals surface area contributed by atoms with E-state index < -0.39 is 0 Å². The highest BCUT2D eigenvalue weighted by Crippen LogP contribution is 2.19. The van der Waals surface area contributed by atoms with Gasteiger partial charge < -0.3 is 5.32 Å². The molecule has 1 atom stereocenters. The fraction of sp³-hybridized carbons (Fsp3) is 0.455. The zero-order chi connectivity index (χ0) is 11.3. The molecule has 4 heteroatoms. The van der Waals surface area contributed by atoms with Crippen molar-refractivity contribution < 1.29 is 0 Å². The molecule has 1 N–H and O–H groups in total. The van der Waals surface area contributed by atoms with Crippen molar-refractivity contribution in [3.8, 4) is 12.3 Å². The predicted molar refractivity (Wildman–Crippen MR) is 62.9 cm³/mol. The molecule has 1 aromatic heterocycles. The van der Waals surface area contributed by atoms with Gasteiger partial charge in [-0.2, -0.15) is 0 Å². The summed E-state index contributed by atoms with van der Waals surface area (Å²) in [6, 6.07) is -0.000309. The van der Waals surface area contributed by atoms with Crippen LogP contribution in [0.15, 0.2) is 6.33 Å². The SMILES string of the molecule is C#CC(CCC)Nc1ncnc(Cl)c1C. The molecular weight excluding hydrogens is 210 g/mol. The van der Waals surface area contributed by atoms with E-state index in [0.29, 0.717) is 11.0 Å². The molecule has 0 aliphatic heterocycles. The van der Waals surface area contributed by atoms with Crippen LogP contribution in [0.1, 0.15) is 25.3 Å². The first-order valence-corrected chi connectivity index (χ1v) is 5.26. The van der Waals surface area contributed by atoms with Gasteiger partial charge >= 0.3 is 0 Å². The molecule has 1 rings (SSSR count). The number of nitrogens with zero attached hydrogens (tertiary/aromatic N) is 2. The highest BCUT2D eigenvalue weighted by atomic mass is 35.5. The molecule has 0 fully saturated rings. The van der Waals surface area contributed by atoms with E-state index in [1.54, 1.807) is 0 Å². The maximum Gasteiger partial charge on any atom is 0.137 e. The Morgan fingerprint density at radius 1 is 1.60 bits per heavy atom. The average molecular weight is 224 g/mol. The molecule has 1 unspecified atom stereocenters. The van der Waals surface area contributed by atoms with E-state index >= 15 is 0 Å². The summed E-state index contributed by atoms with van der Waals surface area (Å²) in [5.74, 6) is 3.40. The molecule has 1 aromatic rings. The molecule has 0 spiro atoms. The minimum absolute atomic E-state index is 0.000309. The topological polar surface area (TPSA) is 37.8 Å². The van der Waals surface area contributed by atoms with Crippen molar-refractivity contribution in [2.45, 2.75) is 32.7 Å². The fourth-order valence-corrected chi connectivity index (χ4v) is 1.36. The van der Waals surface area contributed by atoms with Gasteiger partial charge in [0, 0.05) is 5.56 Å². The third kappa shape index (κ3) is 3.10. The summed E-state index contributed by atoms with van der Waals surface area (Å²) < 4.78 is 0. The van der Waals surface area contributed by atoms with Crippen molar-refractivity contribution >= 4 is 17.4 Å². The van der Waals surface area contributed by atoms with Crippen LogP contribution in [0.5, 0.6) is 0 Å². The van der Waals surface area contributed by atoms with Crippen LogP contribution in [-0.4, -0.2) is 16.0 Å². The van der Waals surface area contributed by atoms with Crippen LogP contribution >= 0.6 is 11.6 Å². The molecule has 0 aliphatic rings. The molecule has 15 heavy (non-hydrogen) atoms. The first-order valence-electron chi connectivity index (χ1n) is 4.88. The van der Waals surface area contributed by atoms with Crippen LogP contribution in [-0.2, 0) is 0 Å². The first-order chi connectivity index (χ1) is 7.19. The van der Waals surface area contributed by atoms with E-state index in [9.17, 15) is 0 Å². The maximum absolute atomic E-state index is 5.87. The van der Waals surface area contributed by atoms with E-state index in [0.717, 1.165) is 18.4 Å². The third-order valence-electron chi connectivity index (χ3n) is 2.11. The van der Waals surface area contributed by atoms with Gasteiger partial charge in [0.2, 0.25) is 0 Å². The number of halogens is 1. The smallest absolute Gasteiger partial charge is 0.137 e. The number of nitrogens with one attached hydrogen (secondary N) is 1. The van der Waals surface area contributed by atoms with Gasteiger partial charge in [0.1, 0.15) is 17.3 Å². The van der Waals surface area contributed by atoms with E-state index in [4.69, 9.17) is 18.0 Å². The third-order valence-corrected chi connectivity index (χ3v) is 2.49. The normalized spacial score (nSPS) is 11.9. The Hall–Kier alpha value is -1.27. The molecule has 3 nitrogen and oxygen atoms in total. The van der Waals surface area contributed by atoms with Gasteiger partial charge in [-0.25, -0.2) is 9.97 Å². The minimum atomic E-state index is -0.000309. The van der Waals surface area contributed by atoms with E-state index in [2.05, 4.69) is 28.1 Å². The van der Waals surface area contributed by atoms with Crippen LogP contribution in [0, 0.1) is 19.3 Å². The summed E-state index contributed by atoms with van der Waals surface area (Å²) in [5.41, 5.74) is 0.829. The van der Waals surface area contributed by atoms with Gasteiger partial charge in [-0.3, -0.25) is 0 Å². The van der Waals surface area contributed by atoms with Crippen LogP contribution < -0.4 is 5.32 Å². The lowest BCUT2D eigenvalue weighted by Crippen LogP contribution is -2.18. The van der Waals surface area contributed by atoms with Gasteiger partial charge in [-0.1, -0.05) is 30.9 Å². The van der Waals surface area contributed by atoms with Gasteiger partial charge in [-0.15, -0.1) is 6.42 Å². The second-order valence-electron chi connectivity index (χ2n) is 3.29. The zero-order valence-electron chi connectivity index (χ0n) is 8.92. The summed E-state index contributed by atoms with van der Waals surface area (Å²) in [6.07, 6.45) is 8.78. The Bertz CT molecular complexity index is 371. The van der Waals surface area contributed by atoms with Crippen molar-refractivity contribution in [3.63, 3.8) is 0 Å². The van der Waals surface area contributed by atoms with Crippen molar-refractivity contribution in [1.82, 2.24) is 9.97 Å². The van der Waals surface area contributed by atoms with Gasteiger partial charge in [-0.05, 0) is 13.3 Å². The van der Waals surface area contributed by atoms with Gasteiger partial charge in [0.05, 0.1) is 6.04 Å². The molecule has 80 valence electrons. The molecule has 0 radical (unpaired) electrons. The molecule has 0 saturated carbocycles. The second-order valence-corrected chi connectivity index (χ2v) is 3.65. The molecule has 0 amide bonds. The summed E-state index contributed by atoms with van der Waals surface area (Å²) in [4.78, 5) is 7.99. The Kier molecular flexibility index (Phi) is 4.38. The number of hydrogen-bond donors (Lipinski definition) is 1. The lowest BCUT2D eigenvalue weighted by molar-refractivity contribution is 0.751. The first kappa shape index (κ1) is 11.8. The van der Waals surface area contributed by atoms with Gasteiger partial charge in [0.25, 0.3) is 0 Å². The van der Waals surface area contributed by atoms with E-state index in [1.807, 2.05) is 6.92 Å². The number of aromatic nitrogens is 2. The summed E-state index contributed by atoms with van der Waals surface area (Å²) >= 11 is 5.87. The number of rotatable bonds is 4. The molecular formula is C11H14ClN3. The Labute approximate surface area is 95.3 Å². The second kappa shape index (κ2) is 5.57. The number of hydrogen-bond acceptors (Lipinski definition) is 3. The van der Waals surface area contributed by atoms with Crippen molar-refractivity contribution in [3.05, 3.63) is 17.0 Å². The summed E-state index contributed by atoms with van der Waals surface area (Å²) in [5, 5.41) is 3.63. The van der Waals surface area contributed by atoms with Crippen LogP contribution in [0.4, 0.5) is 5.82 Å². The van der Waals surface area contributed by atoms with Crippen LogP contribution in [0.2, 0.25) is 5.15 Å². The van der Waals surface area contributed by atoms with Crippen molar-refractivity contribution in [2.24, 2.45) is 0 Å². The monoisotopic (exact) mass is 223 g/mol. The lowest BCUT2D eigenvalue weighted by Gasteiger charge is -2.14. The molecule has 0 aromatic carbocycles. The predicted octanol–water partition coefficient (Wildman–Crippen LogP) is 2.65. The molecule has 1 heterocycles. The molecule has 0 bridgehead atoms. The lowest BCUT2D eigenvalue weighted by atomic mass is 10.2. The summed E-state index contributed by atoms with van der Waals surface area (Å²) in [7, 11) is 0. The van der Waals surface area contributed by atoms with E-state index in [-0.39, 0.29) is 6.04 Å². The standard InChI is InChI=1S/C11H14ClN3/c1-4-6-9(5-2)15-11-8(3)10(12)13-7-14-11/h2,7,9H,4,6H2,1,3H3,(H,13,14,15). The number of terminal acetylenes is 1. The maximum atomic E-state index is 5.87. The zero-order valence-corrected chi connectivity index (χ0v) is 9.67. The highest BCUT2D eigenvalue weighted by molar-refractivity contribution is 6.30. The van der Waals surface area contributed by atoms with Crippen LogP contribution in [0.25, 0.3) is 0 Å². The summed E-state index contributed by atoms with van der Waals surface area (Å²) in [6.45, 7) is 3.95. The quantitative estimate of drug-likeness (QED) is 0.630. The Morgan fingerprint density at radius 3 is 2.93 bits per heavy atom. The Morgan fingerprint density at radius 2 is 2.33 bits per heavy atom.